The van der Waals surface area contributed by atoms with Gasteiger partial charge in [0.05, 0.1) is 13.2 Å². The van der Waals surface area contributed by atoms with Crippen molar-refractivity contribution in [2.75, 3.05) is 39.5 Å². The fourth-order valence-corrected chi connectivity index (χ4v) is 3.11. The van der Waals surface area contributed by atoms with Crippen LogP contribution in [0.4, 0.5) is 0 Å². The number of hydrogen-bond acceptors (Lipinski definition) is 3. The predicted octanol–water partition coefficient (Wildman–Crippen LogP) is 1.75. The summed E-state index contributed by atoms with van der Waals surface area (Å²) in [7, 11) is 0. The first kappa shape index (κ1) is 13.3. The normalized spacial score (nSPS) is 35.6. The summed E-state index contributed by atoms with van der Waals surface area (Å²) in [5.41, 5.74) is 0.431. The summed E-state index contributed by atoms with van der Waals surface area (Å²) in [5.74, 6) is 0.792. The van der Waals surface area contributed by atoms with Crippen molar-refractivity contribution in [1.82, 2.24) is 4.90 Å². The van der Waals surface area contributed by atoms with Crippen LogP contribution in [0.2, 0.25) is 0 Å². The van der Waals surface area contributed by atoms with Crippen molar-refractivity contribution >= 4 is 0 Å². The number of hydrogen-bond donors (Lipinski definition) is 1. The van der Waals surface area contributed by atoms with Gasteiger partial charge in [0.15, 0.2) is 0 Å². The lowest BCUT2D eigenvalue weighted by atomic mass is 9.80. The second-order valence-corrected chi connectivity index (χ2v) is 7.05. The molecule has 3 nitrogen and oxygen atoms in total. The van der Waals surface area contributed by atoms with Crippen molar-refractivity contribution in [2.45, 2.75) is 33.6 Å². The van der Waals surface area contributed by atoms with Gasteiger partial charge in [-0.25, -0.2) is 0 Å². The van der Waals surface area contributed by atoms with E-state index in [4.69, 9.17) is 4.74 Å². The Morgan fingerprint density at radius 2 is 2.18 bits per heavy atom. The van der Waals surface area contributed by atoms with Gasteiger partial charge >= 0.3 is 0 Å². The van der Waals surface area contributed by atoms with E-state index >= 15 is 0 Å². The smallest absolute Gasteiger partial charge is 0.0557 e. The maximum absolute atomic E-state index is 9.60. The molecule has 0 amide bonds. The molecule has 2 heterocycles. The third-order valence-electron chi connectivity index (χ3n) is 4.58. The van der Waals surface area contributed by atoms with Crippen LogP contribution in [0, 0.1) is 16.7 Å². The van der Waals surface area contributed by atoms with E-state index in [1.807, 2.05) is 0 Å². The molecule has 2 aliphatic heterocycles. The summed E-state index contributed by atoms with van der Waals surface area (Å²) in [6.07, 6.45) is 2.31. The van der Waals surface area contributed by atoms with Crippen molar-refractivity contribution in [2.24, 2.45) is 16.7 Å². The first-order valence-electron chi connectivity index (χ1n) is 6.86. The van der Waals surface area contributed by atoms with Gasteiger partial charge in [-0.1, -0.05) is 20.8 Å². The van der Waals surface area contributed by atoms with Gasteiger partial charge in [0.1, 0.15) is 0 Å². The maximum Gasteiger partial charge on any atom is 0.0557 e. The largest absolute Gasteiger partial charge is 0.396 e. The fraction of sp³-hybridized carbons (Fsp3) is 1.00. The van der Waals surface area contributed by atoms with E-state index < -0.39 is 0 Å². The van der Waals surface area contributed by atoms with Gasteiger partial charge in [-0.05, 0) is 30.7 Å². The monoisotopic (exact) mass is 241 g/mol. The molecule has 0 aromatic rings. The number of nitrogens with zero attached hydrogens (tertiary/aromatic N) is 1. The highest BCUT2D eigenvalue weighted by Crippen LogP contribution is 2.36. The number of ether oxygens (including phenoxy) is 1. The Labute approximate surface area is 105 Å². The van der Waals surface area contributed by atoms with Gasteiger partial charge in [0.25, 0.3) is 0 Å². The molecule has 2 rings (SSSR count). The van der Waals surface area contributed by atoms with E-state index in [2.05, 4.69) is 25.7 Å². The molecule has 3 heteroatoms. The maximum atomic E-state index is 9.60. The van der Waals surface area contributed by atoms with Crippen molar-refractivity contribution < 1.29 is 9.84 Å². The Hall–Kier alpha value is -0.120. The molecule has 2 atom stereocenters. The Bertz CT molecular complexity index is 253. The Kier molecular flexibility index (Phi) is 3.81. The van der Waals surface area contributed by atoms with E-state index in [0.29, 0.717) is 5.41 Å². The molecule has 17 heavy (non-hydrogen) atoms. The summed E-state index contributed by atoms with van der Waals surface area (Å²) >= 11 is 0. The van der Waals surface area contributed by atoms with Crippen molar-refractivity contribution in [1.29, 1.82) is 0 Å². The summed E-state index contributed by atoms with van der Waals surface area (Å²) in [6.45, 7) is 12.2. The van der Waals surface area contributed by atoms with Crippen LogP contribution in [0.5, 0.6) is 0 Å². The number of likely N-dealkylation sites (tertiary alicyclic amines) is 1. The Balaban J connectivity index is 1.89. The topological polar surface area (TPSA) is 32.7 Å². The van der Waals surface area contributed by atoms with Crippen molar-refractivity contribution in [3.8, 4) is 0 Å². The second-order valence-electron chi connectivity index (χ2n) is 7.05. The molecule has 0 radical (unpaired) electrons. The fourth-order valence-electron chi connectivity index (χ4n) is 3.11. The molecular formula is C14H27NO2. The standard InChI is InChI=1S/C14H27NO2/c1-13(2,3)12-4-6-15(8-12)9-14(10-16)5-7-17-11-14/h12,16H,4-11H2,1-3H3. The van der Waals surface area contributed by atoms with Crippen molar-refractivity contribution in [3.63, 3.8) is 0 Å². The SMILES string of the molecule is CC(C)(C)C1CCN(CC2(CO)CCOC2)C1. The summed E-state index contributed by atoms with van der Waals surface area (Å²) in [4.78, 5) is 2.53. The molecule has 100 valence electrons. The summed E-state index contributed by atoms with van der Waals surface area (Å²) in [5, 5.41) is 9.60. The first-order chi connectivity index (χ1) is 7.95. The lowest BCUT2D eigenvalue weighted by Gasteiger charge is -2.32. The number of aliphatic hydroxyl groups excluding tert-OH is 1. The Morgan fingerprint density at radius 1 is 1.41 bits per heavy atom. The third-order valence-corrected chi connectivity index (χ3v) is 4.58. The van der Waals surface area contributed by atoms with Crippen LogP contribution < -0.4 is 0 Å². The predicted molar refractivity (Wildman–Crippen MR) is 69.0 cm³/mol. The minimum atomic E-state index is 0.0206. The third kappa shape index (κ3) is 3.01. The highest BCUT2D eigenvalue weighted by molar-refractivity contribution is 4.90. The minimum Gasteiger partial charge on any atom is -0.396 e. The summed E-state index contributed by atoms with van der Waals surface area (Å²) in [6, 6.07) is 0. The van der Waals surface area contributed by atoms with Crippen LogP contribution >= 0.6 is 0 Å². The lowest BCUT2D eigenvalue weighted by Crippen LogP contribution is -2.40. The van der Waals surface area contributed by atoms with Crippen molar-refractivity contribution in [3.05, 3.63) is 0 Å². The molecule has 0 aromatic carbocycles. The molecule has 2 saturated heterocycles. The molecule has 2 unspecified atom stereocenters. The van der Waals surface area contributed by atoms with Crippen LogP contribution in [0.1, 0.15) is 33.6 Å². The second kappa shape index (κ2) is 4.87. The zero-order valence-corrected chi connectivity index (χ0v) is 11.5. The molecule has 0 saturated carbocycles. The van der Waals surface area contributed by atoms with E-state index in [-0.39, 0.29) is 12.0 Å². The van der Waals surface area contributed by atoms with E-state index in [1.165, 1.54) is 19.5 Å². The van der Waals surface area contributed by atoms with Gasteiger partial charge in [0, 0.05) is 25.1 Å². The number of rotatable bonds is 3. The zero-order valence-electron chi connectivity index (χ0n) is 11.5. The van der Waals surface area contributed by atoms with Crippen LogP contribution in [-0.2, 0) is 4.74 Å². The lowest BCUT2D eigenvalue weighted by molar-refractivity contribution is 0.0608. The van der Waals surface area contributed by atoms with Gasteiger partial charge in [0.2, 0.25) is 0 Å². The van der Waals surface area contributed by atoms with Gasteiger partial charge in [-0.3, -0.25) is 0 Å². The molecule has 0 aromatic heterocycles. The molecule has 0 aliphatic carbocycles. The average Bonchev–Trinajstić information content (AvgIpc) is 2.87. The van der Waals surface area contributed by atoms with E-state index in [9.17, 15) is 5.11 Å². The van der Waals surface area contributed by atoms with Gasteiger partial charge in [-0.15, -0.1) is 0 Å². The van der Waals surface area contributed by atoms with Gasteiger partial charge in [-0.2, -0.15) is 0 Å². The molecule has 2 fully saturated rings. The van der Waals surface area contributed by atoms with Crippen LogP contribution in [0.15, 0.2) is 0 Å². The molecule has 0 bridgehead atoms. The van der Waals surface area contributed by atoms with Crippen LogP contribution in [0.25, 0.3) is 0 Å². The Morgan fingerprint density at radius 3 is 2.65 bits per heavy atom. The molecule has 1 N–H and O–H groups in total. The molecule has 2 aliphatic rings. The number of aliphatic hydroxyl groups is 1. The highest BCUT2D eigenvalue weighted by Gasteiger charge is 2.39. The average molecular weight is 241 g/mol. The first-order valence-corrected chi connectivity index (χ1v) is 6.86. The van der Waals surface area contributed by atoms with Crippen LogP contribution in [0.3, 0.4) is 0 Å². The molecule has 0 spiro atoms. The molecular weight excluding hydrogens is 214 g/mol. The van der Waals surface area contributed by atoms with Crippen LogP contribution in [-0.4, -0.2) is 49.5 Å². The summed E-state index contributed by atoms with van der Waals surface area (Å²) < 4.78 is 5.47. The zero-order chi connectivity index (χ0) is 12.5. The van der Waals surface area contributed by atoms with Gasteiger partial charge < -0.3 is 14.7 Å². The van der Waals surface area contributed by atoms with E-state index in [0.717, 1.165) is 32.1 Å². The quantitative estimate of drug-likeness (QED) is 0.817. The highest BCUT2D eigenvalue weighted by atomic mass is 16.5. The van der Waals surface area contributed by atoms with E-state index in [1.54, 1.807) is 0 Å². The minimum absolute atomic E-state index is 0.0206.